The molecule has 0 spiro atoms. The van der Waals surface area contributed by atoms with E-state index in [-0.39, 0.29) is 0 Å². The second kappa shape index (κ2) is 7.95. The summed E-state index contributed by atoms with van der Waals surface area (Å²) in [6, 6.07) is 12.0. The van der Waals surface area contributed by atoms with Crippen molar-refractivity contribution in [3.8, 4) is 0 Å². The predicted molar refractivity (Wildman–Crippen MR) is 91.5 cm³/mol. The van der Waals surface area contributed by atoms with Gasteiger partial charge in [-0.25, -0.2) is 0 Å². The van der Waals surface area contributed by atoms with E-state index in [2.05, 4.69) is 68.2 Å². The summed E-state index contributed by atoms with van der Waals surface area (Å²) in [4.78, 5) is 2.74. The molecular weight excluding hydrogens is 256 g/mol. The monoisotopic (exact) mass is 288 g/mol. The van der Waals surface area contributed by atoms with Gasteiger partial charge in [-0.05, 0) is 36.8 Å². The summed E-state index contributed by atoms with van der Waals surface area (Å²) in [5.74, 6) is 1.64. The maximum Gasteiger partial charge on any atom is 0.0477 e. The zero-order valence-corrected chi connectivity index (χ0v) is 14.2. The van der Waals surface area contributed by atoms with Crippen molar-refractivity contribution < 1.29 is 0 Å². The first-order chi connectivity index (χ1) is 10.2. The molecule has 2 heteroatoms. The average Bonchev–Trinajstić information content (AvgIpc) is 2.47. The molecular formula is C19H32N2. The van der Waals surface area contributed by atoms with E-state index < -0.39 is 0 Å². The zero-order chi connectivity index (χ0) is 15.2. The summed E-state index contributed by atoms with van der Waals surface area (Å²) in [5, 5.41) is 3.74. The third-order valence-corrected chi connectivity index (χ3v) is 4.75. The smallest absolute Gasteiger partial charge is 0.0477 e. The van der Waals surface area contributed by atoms with Crippen molar-refractivity contribution in [1.82, 2.24) is 10.2 Å². The Balaban J connectivity index is 2.19. The molecule has 0 saturated carbocycles. The molecule has 4 unspecified atom stereocenters. The van der Waals surface area contributed by atoms with Gasteiger partial charge in [-0.3, -0.25) is 4.90 Å². The summed E-state index contributed by atoms with van der Waals surface area (Å²) in [6.07, 6.45) is 2.58. The van der Waals surface area contributed by atoms with Crippen molar-refractivity contribution in [1.29, 1.82) is 0 Å². The average molecular weight is 288 g/mol. The fourth-order valence-electron chi connectivity index (χ4n) is 4.04. The van der Waals surface area contributed by atoms with E-state index in [1.807, 2.05) is 0 Å². The molecule has 0 radical (unpaired) electrons. The van der Waals surface area contributed by atoms with Crippen LogP contribution in [0.5, 0.6) is 0 Å². The molecule has 0 amide bonds. The Morgan fingerprint density at radius 1 is 1.10 bits per heavy atom. The van der Waals surface area contributed by atoms with E-state index >= 15 is 0 Å². The maximum atomic E-state index is 3.74. The van der Waals surface area contributed by atoms with Gasteiger partial charge < -0.3 is 5.32 Å². The molecule has 4 atom stereocenters. The molecule has 1 saturated heterocycles. The summed E-state index contributed by atoms with van der Waals surface area (Å²) in [7, 11) is 0. The van der Waals surface area contributed by atoms with E-state index in [9.17, 15) is 0 Å². The van der Waals surface area contributed by atoms with Crippen LogP contribution in [0, 0.1) is 11.8 Å². The standard InChI is InChI=1S/C19H32N2/c1-5-18(21-13-15(3)12-16(4)14-21)19(20-6-2)17-10-8-7-9-11-17/h7-11,15-16,18-20H,5-6,12-14H2,1-4H3. The third-order valence-electron chi connectivity index (χ3n) is 4.75. The number of nitrogens with zero attached hydrogens (tertiary/aromatic N) is 1. The molecule has 1 heterocycles. The van der Waals surface area contributed by atoms with Gasteiger partial charge in [0.15, 0.2) is 0 Å². The minimum absolute atomic E-state index is 0.443. The number of nitrogens with one attached hydrogen (secondary N) is 1. The number of rotatable bonds is 6. The molecule has 118 valence electrons. The Kier molecular flexibility index (Phi) is 6.25. The molecule has 1 N–H and O–H groups in total. The molecule has 1 aliphatic heterocycles. The highest BCUT2D eigenvalue weighted by Crippen LogP contribution is 2.29. The van der Waals surface area contributed by atoms with E-state index in [1.54, 1.807) is 0 Å². The van der Waals surface area contributed by atoms with Gasteiger partial charge in [-0.1, -0.05) is 58.0 Å². The molecule has 1 fully saturated rings. The first-order valence-electron chi connectivity index (χ1n) is 8.68. The van der Waals surface area contributed by atoms with Crippen LogP contribution in [0.3, 0.4) is 0 Å². The second-order valence-electron chi connectivity index (χ2n) is 6.82. The number of hydrogen-bond donors (Lipinski definition) is 1. The lowest BCUT2D eigenvalue weighted by Gasteiger charge is -2.43. The molecule has 1 aromatic rings. The normalized spacial score (nSPS) is 26.5. The van der Waals surface area contributed by atoms with Crippen LogP contribution in [-0.2, 0) is 0 Å². The van der Waals surface area contributed by atoms with Crippen LogP contribution in [0.2, 0.25) is 0 Å². The van der Waals surface area contributed by atoms with Gasteiger partial charge in [0.1, 0.15) is 0 Å². The quantitative estimate of drug-likeness (QED) is 0.848. The van der Waals surface area contributed by atoms with Crippen molar-refractivity contribution in [3.05, 3.63) is 35.9 Å². The first-order valence-corrected chi connectivity index (χ1v) is 8.68. The fourth-order valence-corrected chi connectivity index (χ4v) is 4.04. The molecule has 0 aromatic heterocycles. The Labute approximate surface area is 130 Å². The second-order valence-corrected chi connectivity index (χ2v) is 6.82. The number of benzene rings is 1. The van der Waals surface area contributed by atoms with Gasteiger partial charge in [-0.2, -0.15) is 0 Å². The van der Waals surface area contributed by atoms with Gasteiger partial charge >= 0.3 is 0 Å². The van der Waals surface area contributed by atoms with Gasteiger partial charge in [0, 0.05) is 25.2 Å². The summed E-state index contributed by atoms with van der Waals surface area (Å²) < 4.78 is 0. The Hall–Kier alpha value is -0.860. The summed E-state index contributed by atoms with van der Waals surface area (Å²) >= 11 is 0. The Morgan fingerprint density at radius 2 is 1.71 bits per heavy atom. The molecule has 0 bridgehead atoms. The predicted octanol–water partition coefficient (Wildman–Crippen LogP) is 4.09. The number of piperidine rings is 1. The van der Waals surface area contributed by atoms with E-state index in [4.69, 9.17) is 0 Å². The minimum atomic E-state index is 0.443. The SMILES string of the molecule is CCNC(c1ccccc1)C(CC)N1CC(C)CC(C)C1. The summed E-state index contributed by atoms with van der Waals surface area (Å²) in [6.45, 7) is 12.9. The number of likely N-dealkylation sites (N-methyl/N-ethyl adjacent to an activating group) is 1. The van der Waals surface area contributed by atoms with Crippen molar-refractivity contribution in [2.24, 2.45) is 11.8 Å². The first kappa shape index (κ1) is 16.5. The van der Waals surface area contributed by atoms with E-state index in [0.717, 1.165) is 18.4 Å². The lowest BCUT2D eigenvalue weighted by Crippen LogP contribution is -2.50. The number of likely N-dealkylation sites (tertiary alicyclic amines) is 1. The molecule has 1 aromatic carbocycles. The van der Waals surface area contributed by atoms with Crippen molar-refractivity contribution in [3.63, 3.8) is 0 Å². The van der Waals surface area contributed by atoms with Crippen LogP contribution in [0.4, 0.5) is 0 Å². The largest absolute Gasteiger partial charge is 0.309 e. The van der Waals surface area contributed by atoms with Crippen molar-refractivity contribution in [2.75, 3.05) is 19.6 Å². The highest BCUT2D eigenvalue weighted by atomic mass is 15.2. The van der Waals surface area contributed by atoms with Gasteiger partial charge in [-0.15, -0.1) is 0 Å². The van der Waals surface area contributed by atoms with Crippen LogP contribution >= 0.6 is 0 Å². The molecule has 2 nitrogen and oxygen atoms in total. The molecule has 0 aliphatic carbocycles. The van der Waals surface area contributed by atoms with Crippen LogP contribution in [-0.4, -0.2) is 30.6 Å². The highest BCUT2D eigenvalue weighted by Gasteiger charge is 2.31. The van der Waals surface area contributed by atoms with Crippen LogP contribution < -0.4 is 5.32 Å². The highest BCUT2D eigenvalue weighted by molar-refractivity contribution is 5.21. The van der Waals surface area contributed by atoms with Gasteiger partial charge in [0.05, 0.1) is 0 Å². The zero-order valence-electron chi connectivity index (χ0n) is 14.2. The van der Waals surface area contributed by atoms with Gasteiger partial charge in [0.25, 0.3) is 0 Å². The fraction of sp³-hybridized carbons (Fsp3) is 0.684. The number of hydrogen-bond acceptors (Lipinski definition) is 2. The molecule has 21 heavy (non-hydrogen) atoms. The van der Waals surface area contributed by atoms with Gasteiger partial charge in [0.2, 0.25) is 0 Å². The van der Waals surface area contributed by atoms with Crippen molar-refractivity contribution in [2.45, 2.75) is 52.6 Å². The Bertz CT molecular complexity index is 393. The minimum Gasteiger partial charge on any atom is -0.309 e. The van der Waals surface area contributed by atoms with Crippen LogP contribution in [0.15, 0.2) is 30.3 Å². The van der Waals surface area contributed by atoms with Crippen molar-refractivity contribution >= 4 is 0 Å². The summed E-state index contributed by atoms with van der Waals surface area (Å²) in [5.41, 5.74) is 1.43. The van der Waals surface area contributed by atoms with E-state index in [1.165, 1.54) is 31.5 Å². The maximum absolute atomic E-state index is 3.74. The van der Waals surface area contributed by atoms with Crippen LogP contribution in [0.25, 0.3) is 0 Å². The topological polar surface area (TPSA) is 15.3 Å². The third kappa shape index (κ3) is 4.31. The lowest BCUT2D eigenvalue weighted by molar-refractivity contribution is 0.0726. The molecule has 1 aliphatic rings. The lowest BCUT2D eigenvalue weighted by atomic mass is 9.87. The van der Waals surface area contributed by atoms with Crippen LogP contribution in [0.1, 0.15) is 52.1 Å². The van der Waals surface area contributed by atoms with E-state index in [0.29, 0.717) is 12.1 Å². The molecule has 2 rings (SSSR count). The Morgan fingerprint density at radius 3 is 2.24 bits per heavy atom.